The van der Waals surface area contributed by atoms with Crippen molar-refractivity contribution < 1.29 is 12.3 Å². The maximum absolute atomic E-state index is 13.0. The van der Waals surface area contributed by atoms with Gasteiger partial charge in [0.1, 0.15) is 0 Å². The second-order valence-electron chi connectivity index (χ2n) is 4.43. The van der Waals surface area contributed by atoms with Gasteiger partial charge in [-0.2, -0.15) is 8.42 Å². The Morgan fingerprint density at radius 2 is 1.62 bits per heavy atom. The zero-order chi connectivity index (χ0) is 9.53. The quantitative estimate of drug-likeness (QED) is 0.617. The minimum absolute atomic E-state index is 0.173. The molecule has 0 heterocycles. The standard InChI is InChI=1S/C9H15FO2S/c10-13(11,12)8-4-3-7-9(8)5-1-2-6-9/h8H,1-7H2. The fourth-order valence-corrected chi connectivity index (χ4v) is 4.60. The van der Waals surface area contributed by atoms with E-state index in [0.717, 1.165) is 38.5 Å². The van der Waals surface area contributed by atoms with E-state index in [1.807, 2.05) is 0 Å². The van der Waals surface area contributed by atoms with Crippen molar-refractivity contribution in [1.29, 1.82) is 0 Å². The molecule has 2 aliphatic rings. The number of rotatable bonds is 1. The predicted molar refractivity (Wildman–Crippen MR) is 48.6 cm³/mol. The average Bonchev–Trinajstić information content (AvgIpc) is 2.60. The summed E-state index contributed by atoms with van der Waals surface area (Å²) in [6.07, 6.45) is 6.33. The Kier molecular flexibility index (Phi) is 2.13. The van der Waals surface area contributed by atoms with Crippen molar-refractivity contribution in [2.75, 3.05) is 0 Å². The van der Waals surface area contributed by atoms with Crippen LogP contribution in [0.1, 0.15) is 44.9 Å². The van der Waals surface area contributed by atoms with Gasteiger partial charge in [0.15, 0.2) is 0 Å². The van der Waals surface area contributed by atoms with Gasteiger partial charge in [-0.3, -0.25) is 0 Å². The molecule has 0 aromatic rings. The van der Waals surface area contributed by atoms with Crippen molar-refractivity contribution in [1.82, 2.24) is 0 Å². The molecule has 76 valence electrons. The van der Waals surface area contributed by atoms with E-state index < -0.39 is 15.5 Å². The van der Waals surface area contributed by atoms with Crippen molar-refractivity contribution in [3.05, 3.63) is 0 Å². The molecule has 1 spiro atoms. The third-order valence-electron chi connectivity index (χ3n) is 3.76. The summed E-state index contributed by atoms with van der Waals surface area (Å²) >= 11 is 0. The Bertz CT molecular complexity index is 285. The highest BCUT2D eigenvalue weighted by Gasteiger charge is 2.50. The maximum Gasteiger partial charge on any atom is 0.305 e. The molecule has 1 atom stereocenters. The number of halogens is 1. The van der Waals surface area contributed by atoms with Crippen molar-refractivity contribution in [2.24, 2.45) is 5.41 Å². The van der Waals surface area contributed by atoms with Crippen LogP contribution in [0.3, 0.4) is 0 Å². The first-order chi connectivity index (χ1) is 6.05. The van der Waals surface area contributed by atoms with E-state index in [1.54, 1.807) is 0 Å². The highest BCUT2D eigenvalue weighted by atomic mass is 32.3. The summed E-state index contributed by atoms with van der Waals surface area (Å²) < 4.78 is 34.8. The second-order valence-corrected chi connectivity index (χ2v) is 5.95. The molecule has 0 aromatic heterocycles. The van der Waals surface area contributed by atoms with Crippen molar-refractivity contribution in [2.45, 2.75) is 50.2 Å². The van der Waals surface area contributed by atoms with Gasteiger partial charge in [0, 0.05) is 0 Å². The zero-order valence-corrected chi connectivity index (χ0v) is 8.45. The van der Waals surface area contributed by atoms with Crippen LogP contribution < -0.4 is 0 Å². The normalized spacial score (nSPS) is 32.8. The van der Waals surface area contributed by atoms with Gasteiger partial charge in [-0.05, 0) is 31.1 Å². The lowest BCUT2D eigenvalue weighted by atomic mass is 9.84. The molecule has 0 aliphatic heterocycles. The van der Waals surface area contributed by atoms with Gasteiger partial charge in [-0.25, -0.2) is 0 Å². The van der Waals surface area contributed by atoms with Gasteiger partial charge in [0.2, 0.25) is 0 Å². The lowest BCUT2D eigenvalue weighted by molar-refractivity contribution is 0.304. The fourth-order valence-electron chi connectivity index (χ4n) is 3.20. The summed E-state index contributed by atoms with van der Waals surface area (Å²) in [6, 6.07) is 0. The predicted octanol–water partition coefficient (Wildman–Crippen LogP) is 2.40. The Hall–Kier alpha value is -0.120. The van der Waals surface area contributed by atoms with Gasteiger partial charge in [-0.15, -0.1) is 3.89 Å². The van der Waals surface area contributed by atoms with E-state index >= 15 is 0 Å². The molecule has 13 heavy (non-hydrogen) atoms. The molecule has 2 saturated carbocycles. The molecular weight excluding hydrogens is 191 g/mol. The van der Waals surface area contributed by atoms with Gasteiger partial charge in [0.05, 0.1) is 5.25 Å². The maximum atomic E-state index is 13.0. The van der Waals surface area contributed by atoms with Crippen molar-refractivity contribution in [3.63, 3.8) is 0 Å². The number of hydrogen-bond donors (Lipinski definition) is 0. The second kappa shape index (κ2) is 2.94. The first-order valence-electron chi connectivity index (χ1n) is 4.98. The van der Waals surface area contributed by atoms with E-state index in [-0.39, 0.29) is 5.41 Å². The lowest BCUT2D eigenvalue weighted by Crippen LogP contribution is -2.31. The summed E-state index contributed by atoms with van der Waals surface area (Å²) in [5, 5.41) is -0.678. The Labute approximate surface area is 78.7 Å². The highest BCUT2D eigenvalue weighted by Crippen LogP contribution is 2.53. The zero-order valence-electron chi connectivity index (χ0n) is 7.63. The first-order valence-corrected chi connectivity index (χ1v) is 6.43. The van der Waals surface area contributed by atoms with E-state index in [9.17, 15) is 12.3 Å². The van der Waals surface area contributed by atoms with Gasteiger partial charge >= 0.3 is 10.2 Å². The van der Waals surface area contributed by atoms with E-state index in [1.165, 1.54) is 0 Å². The van der Waals surface area contributed by atoms with Crippen LogP contribution in [-0.4, -0.2) is 13.7 Å². The largest absolute Gasteiger partial charge is 0.305 e. The molecule has 0 aromatic carbocycles. The minimum Gasteiger partial charge on any atom is -0.195 e. The van der Waals surface area contributed by atoms with Crippen LogP contribution in [0.4, 0.5) is 3.89 Å². The van der Waals surface area contributed by atoms with E-state index in [2.05, 4.69) is 0 Å². The van der Waals surface area contributed by atoms with Crippen molar-refractivity contribution >= 4 is 10.2 Å². The highest BCUT2D eigenvalue weighted by molar-refractivity contribution is 7.87. The van der Waals surface area contributed by atoms with Gasteiger partial charge in [-0.1, -0.05) is 19.3 Å². The smallest absolute Gasteiger partial charge is 0.195 e. The van der Waals surface area contributed by atoms with Crippen LogP contribution in [0.5, 0.6) is 0 Å². The summed E-state index contributed by atoms with van der Waals surface area (Å²) in [5.41, 5.74) is -0.173. The third-order valence-corrected chi connectivity index (χ3v) is 5.18. The minimum atomic E-state index is -4.29. The molecule has 0 radical (unpaired) electrons. The molecular formula is C9H15FO2S. The van der Waals surface area contributed by atoms with Crippen molar-refractivity contribution in [3.8, 4) is 0 Å². The summed E-state index contributed by atoms with van der Waals surface area (Å²) in [7, 11) is -4.29. The molecule has 2 nitrogen and oxygen atoms in total. The molecule has 1 unspecified atom stereocenters. The van der Waals surface area contributed by atoms with Crippen LogP contribution in [0, 0.1) is 5.41 Å². The van der Waals surface area contributed by atoms with Crippen LogP contribution in [-0.2, 0) is 10.2 Å². The Morgan fingerprint density at radius 3 is 2.15 bits per heavy atom. The molecule has 2 fully saturated rings. The molecule has 2 rings (SSSR count). The number of hydrogen-bond acceptors (Lipinski definition) is 2. The average molecular weight is 206 g/mol. The van der Waals surface area contributed by atoms with Gasteiger partial charge < -0.3 is 0 Å². The fraction of sp³-hybridized carbons (Fsp3) is 1.00. The Morgan fingerprint density at radius 1 is 1.08 bits per heavy atom. The van der Waals surface area contributed by atoms with E-state index in [4.69, 9.17) is 0 Å². The molecule has 4 heteroatoms. The van der Waals surface area contributed by atoms with E-state index in [0.29, 0.717) is 6.42 Å². The molecule has 0 saturated heterocycles. The molecule has 0 N–H and O–H groups in total. The molecule has 0 bridgehead atoms. The summed E-state index contributed by atoms with van der Waals surface area (Å²) in [4.78, 5) is 0. The first kappa shape index (κ1) is 9.44. The SMILES string of the molecule is O=S(=O)(F)C1CCCC12CCCC2. The van der Waals surface area contributed by atoms with Crippen LogP contribution in [0.2, 0.25) is 0 Å². The third kappa shape index (κ3) is 1.49. The monoisotopic (exact) mass is 206 g/mol. The topological polar surface area (TPSA) is 34.1 Å². The Balaban J connectivity index is 2.28. The molecule has 0 amide bonds. The summed E-state index contributed by atoms with van der Waals surface area (Å²) in [6.45, 7) is 0. The van der Waals surface area contributed by atoms with Crippen LogP contribution in [0.15, 0.2) is 0 Å². The summed E-state index contributed by atoms with van der Waals surface area (Å²) in [5.74, 6) is 0. The van der Waals surface area contributed by atoms with Crippen LogP contribution in [0.25, 0.3) is 0 Å². The lowest BCUT2D eigenvalue weighted by Gasteiger charge is -2.27. The molecule has 2 aliphatic carbocycles. The van der Waals surface area contributed by atoms with Crippen LogP contribution >= 0.6 is 0 Å². The van der Waals surface area contributed by atoms with Gasteiger partial charge in [0.25, 0.3) is 0 Å².